The minimum absolute atomic E-state index is 0.0177. The molecule has 36 heavy (non-hydrogen) atoms. The smallest absolute Gasteiger partial charge is 0.286 e. The molecule has 1 heterocycles. The van der Waals surface area contributed by atoms with Crippen LogP contribution in [0.25, 0.3) is 0 Å². The minimum Gasteiger partial charge on any atom is -0.289 e. The van der Waals surface area contributed by atoms with Gasteiger partial charge < -0.3 is 0 Å². The normalized spacial score (nSPS) is 12.2. The van der Waals surface area contributed by atoms with E-state index in [0.717, 1.165) is 9.65 Å². The van der Waals surface area contributed by atoms with Crippen molar-refractivity contribution in [2.45, 2.75) is 17.7 Å². The summed E-state index contributed by atoms with van der Waals surface area (Å²) in [6.45, 7) is 1.87. The van der Waals surface area contributed by atoms with Gasteiger partial charge in [-0.05, 0) is 36.3 Å². The number of hydrogen-bond acceptors (Lipinski definition) is 8. The van der Waals surface area contributed by atoms with Crippen molar-refractivity contribution in [3.05, 3.63) is 107 Å². The van der Waals surface area contributed by atoms with Gasteiger partial charge in [0.15, 0.2) is 11.6 Å². The maximum atomic E-state index is 13.4. The number of aromatic nitrogens is 3. The Kier molecular flexibility index (Phi) is 8.07. The molecule has 0 fully saturated rings. The number of carbonyl (C=O) groups excluding carboxylic acids is 1. The van der Waals surface area contributed by atoms with Gasteiger partial charge in [-0.15, -0.1) is 32.7 Å². The fourth-order valence-corrected chi connectivity index (χ4v) is 5.72. The highest BCUT2D eigenvalue weighted by Crippen LogP contribution is 2.28. The summed E-state index contributed by atoms with van der Waals surface area (Å²) in [6, 6.07) is 24.4. The van der Waals surface area contributed by atoms with E-state index in [4.69, 9.17) is 0 Å². The van der Waals surface area contributed by atoms with E-state index in [-0.39, 0.29) is 22.5 Å². The number of ketones is 1. The molecule has 1 unspecified atom stereocenters. The summed E-state index contributed by atoms with van der Waals surface area (Å²) in [5.41, 5.74) is 1.92. The number of thioether (sulfide) groups is 2. The summed E-state index contributed by atoms with van der Waals surface area (Å²) in [5, 5.41) is 4.40. The second-order valence-electron chi connectivity index (χ2n) is 7.76. The number of benzene rings is 3. The van der Waals surface area contributed by atoms with Crippen LogP contribution in [0.4, 0.5) is 5.95 Å². The number of hydrogen-bond donors (Lipinski definition) is 0. The standard InChI is InChI=1S/C26H24N4O3S3/c1-18(20-13-10-14-21(17-20)23(31)19-11-6-4-7-12-19)24-27-25(28-26(34-2)35-3)30(29-24)36(32,33)22-15-8-5-9-16-22/h4-18H,1-3H3. The van der Waals surface area contributed by atoms with E-state index < -0.39 is 10.0 Å². The van der Waals surface area contributed by atoms with Gasteiger partial charge in [-0.2, -0.15) is 18.4 Å². The average Bonchev–Trinajstić information content (AvgIpc) is 3.36. The third-order valence-corrected chi connectivity index (χ3v) is 8.91. The monoisotopic (exact) mass is 536 g/mol. The highest BCUT2D eigenvalue weighted by atomic mass is 32.2. The maximum absolute atomic E-state index is 13.4. The van der Waals surface area contributed by atoms with Crippen LogP contribution >= 0.6 is 23.5 Å². The van der Waals surface area contributed by atoms with Gasteiger partial charge in [0.05, 0.1) is 4.90 Å². The fraction of sp³-hybridized carbons (Fsp3) is 0.154. The predicted octanol–water partition coefficient (Wildman–Crippen LogP) is 5.61. The van der Waals surface area contributed by atoms with E-state index in [0.29, 0.717) is 21.3 Å². The first-order valence-electron chi connectivity index (χ1n) is 11.0. The quantitative estimate of drug-likeness (QED) is 0.172. The van der Waals surface area contributed by atoms with Gasteiger partial charge in [-0.25, -0.2) is 0 Å². The zero-order valence-corrected chi connectivity index (χ0v) is 22.3. The maximum Gasteiger partial charge on any atom is 0.286 e. The van der Waals surface area contributed by atoms with Gasteiger partial charge in [0.2, 0.25) is 0 Å². The molecule has 0 N–H and O–H groups in total. The Labute approximate surface area is 219 Å². The average molecular weight is 537 g/mol. The molecule has 0 aliphatic heterocycles. The van der Waals surface area contributed by atoms with Crippen LogP contribution < -0.4 is 0 Å². The fourth-order valence-electron chi connectivity index (χ4n) is 3.52. The SMILES string of the molecule is CSC(=Nc1nc(C(C)c2cccc(C(=O)c3ccccc3)c2)nn1S(=O)(=O)c1ccccc1)SC. The Balaban J connectivity index is 1.77. The summed E-state index contributed by atoms with van der Waals surface area (Å²) in [6.07, 6.45) is 3.72. The lowest BCUT2D eigenvalue weighted by Crippen LogP contribution is -2.15. The molecule has 7 nitrogen and oxygen atoms in total. The second kappa shape index (κ2) is 11.2. The summed E-state index contributed by atoms with van der Waals surface area (Å²) in [5.74, 6) is -0.207. The van der Waals surface area contributed by atoms with Gasteiger partial charge in [0.1, 0.15) is 4.38 Å². The first-order chi connectivity index (χ1) is 17.3. The molecular weight excluding hydrogens is 513 g/mol. The van der Waals surface area contributed by atoms with Crippen LogP contribution in [0.1, 0.15) is 40.2 Å². The van der Waals surface area contributed by atoms with Crippen LogP contribution in [0.15, 0.2) is 94.8 Å². The Morgan fingerprint density at radius 3 is 2.14 bits per heavy atom. The molecule has 10 heteroatoms. The molecule has 0 aliphatic rings. The van der Waals surface area contributed by atoms with Crippen LogP contribution in [-0.2, 0) is 10.0 Å². The van der Waals surface area contributed by atoms with Crippen molar-refractivity contribution >= 4 is 49.7 Å². The molecule has 4 rings (SSSR count). The largest absolute Gasteiger partial charge is 0.289 e. The van der Waals surface area contributed by atoms with Crippen LogP contribution in [0.3, 0.4) is 0 Å². The van der Waals surface area contributed by atoms with Crippen molar-refractivity contribution in [1.82, 2.24) is 14.2 Å². The van der Waals surface area contributed by atoms with Crippen molar-refractivity contribution in [3.63, 3.8) is 0 Å². The van der Waals surface area contributed by atoms with Gasteiger partial charge >= 0.3 is 0 Å². The van der Waals surface area contributed by atoms with Crippen molar-refractivity contribution in [3.8, 4) is 0 Å². The van der Waals surface area contributed by atoms with Crippen LogP contribution in [-0.4, -0.2) is 45.3 Å². The zero-order chi connectivity index (χ0) is 25.7. The first kappa shape index (κ1) is 25.9. The third kappa shape index (κ3) is 5.45. The molecule has 0 radical (unpaired) electrons. The molecule has 0 amide bonds. The molecule has 0 aliphatic carbocycles. The molecule has 184 valence electrons. The van der Waals surface area contributed by atoms with Gasteiger partial charge in [-0.3, -0.25) is 4.79 Å². The van der Waals surface area contributed by atoms with Crippen LogP contribution in [0, 0.1) is 0 Å². The zero-order valence-electron chi connectivity index (χ0n) is 19.9. The minimum atomic E-state index is -4.02. The Morgan fingerprint density at radius 2 is 1.50 bits per heavy atom. The molecule has 0 bridgehead atoms. The number of nitrogens with zero attached hydrogens (tertiary/aromatic N) is 4. The van der Waals surface area contributed by atoms with Crippen molar-refractivity contribution in [2.75, 3.05) is 12.5 Å². The van der Waals surface area contributed by atoms with Crippen LogP contribution in [0.2, 0.25) is 0 Å². The van der Waals surface area contributed by atoms with E-state index in [1.807, 2.05) is 43.7 Å². The van der Waals surface area contributed by atoms with E-state index >= 15 is 0 Å². The van der Waals surface area contributed by atoms with Gasteiger partial charge in [0.25, 0.3) is 16.0 Å². The molecule has 0 saturated carbocycles. The highest BCUT2D eigenvalue weighted by Gasteiger charge is 2.27. The molecule has 0 spiro atoms. The van der Waals surface area contributed by atoms with Crippen molar-refractivity contribution in [2.24, 2.45) is 4.99 Å². The van der Waals surface area contributed by atoms with E-state index in [1.54, 1.807) is 48.5 Å². The molecule has 0 saturated heterocycles. The van der Waals surface area contributed by atoms with E-state index in [1.165, 1.54) is 35.7 Å². The molecule has 4 aromatic rings. The van der Waals surface area contributed by atoms with Gasteiger partial charge in [-0.1, -0.05) is 73.7 Å². The Hall–Kier alpha value is -3.21. The third-order valence-electron chi connectivity index (χ3n) is 5.46. The second-order valence-corrected chi connectivity index (χ2v) is 11.4. The van der Waals surface area contributed by atoms with E-state index in [2.05, 4.69) is 15.1 Å². The summed E-state index contributed by atoms with van der Waals surface area (Å²) in [4.78, 5) is 22.0. The van der Waals surface area contributed by atoms with Crippen LogP contribution in [0.5, 0.6) is 0 Å². The lowest BCUT2D eigenvalue weighted by atomic mass is 9.95. The van der Waals surface area contributed by atoms with Crippen molar-refractivity contribution in [1.29, 1.82) is 0 Å². The highest BCUT2D eigenvalue weighted by molar-refractivity contribution is 8.38. The van der Waals surface area contributed by atoms with Gasteiger partial charge in [0, 0.05) is 17.0 Å². The molecule has 1 atom stereocenters. The summed E-state index contributed by atoms with van der Waals surface area (Å²) in [7, 11) is -4.02. The molecule has 1 aromatic heterocycles. The number of rotatable bonds is 7. The Bertz CT molecular complexity index is 1500. The first-order valence-corrected chi connectivity index (χ1v) is 14.9. The number of carbonyl (C=O) groups is 1. The number of aliphatic imine (C=N–C) groups is 1. The summed E-state index contributed by atoms with van der Waals surface area (Å²) < 4.78 is 28.4. The molecule has 3 aromatic carbocycles. The van der Waals surface area contributed by atoms with E-state index in [9.17, 15) is 13.2 Å². The lowest BCUT2D eigenvalue weighted by molar-refractivity contribution is 0.103. The predicted molar refractivity (Wildman–Crippen MR) is 147 cm³/mol. The van der Waals surface area contributed by atoms with Crippen molar-refractivity contribution < 1.29 is 13.2 Å². The topological polar surface area (TPSA) is 94.3 Å². The lowest BCUT2D eigenvalue weighted by Gasteiger charge is -2.10. The Morgan fingerprint density at radius 1 is 0.889 bits per heavy atom. The summed E-state index contributed by atoms with van der Waals surface area (Å²) >= 11 is 2.79. The molecular formula is C26H24N4O3S3.